The number of nitrogen functional groups attached to an aromatic ring is 1. The molecule has 0 bridgehead atoms. The van der Waals surface area contributed by atoms with Crippen LogP contribution in [0, 0.1) is 0 Å². The molecule has 0 spiro atoms. The van der Waals surface area contributed by atoms with Gasteiger partial charge < -0.3 is 10.3 Å². The predicted octanol–water partition coefficient (Wildman–Crippen LogP) is 1.81. The molecule has 16 heavy (non-hydrogen) atoms. The molecule has 80 valence electrons. The minimum Gasteiger partial charge on any atom is -0.384 e. The lowest BCUT2D eigenvalue weighted by Crippen LogP contribution is -1.96. The largest absolute Gasteiger partial charge is 0.384 e. The van der Waals surface area contributed by atoms with Crippen molar-refractivity contribution in [2.75, 3.05) is 5.73 Å². The topological polar surface area (TPSA) is 69.9 Å². The van der Waals surface area contributed by atoms with Crippen LogP contribution >= 0.6 is 0 Å². The smallest absolute Gasteiger partial charge is 0.166 e. The Morgan fingerprint density at radius 2 is 2.19 bits per heavy atom. The molecule has 2 heterocycles. The molecule has 0 unspecified atom stereocenters. The molecule has 0 fully saturated rings. The molecule has 5 heteroatoms. The minimum atomic E-state index is 0.639. The highest BCUT2D eigenvalue weighted by molar-refractivity contribution is 5.82. The number of anilines is 1. The number of aryl methyl sites for hydroxylation is 1. The molecule has 5 nitrogen and oxygen atoms in total. The predicted molar refractivity (Wildman–Crippen MR) is 60.6 cm³/mol. The number of fused-ring (bicyclic) bond motifs is 1. The lowest BCUT2D eigenvalue weighted by Gasteiger charge is -1.95. The van der Waals surface area contributed by atoms with Gasteiger partial charge in [-0.15, -0.1) is 0 Å². The summed E-state index contributed by atoms with van der Waals surface area (Å²) in [5, 5.41) is 9.01. The zero-order chi connectivity index (χ0) is 11.1. The van der Waals surface area contributed by atoms with Crippen molar-refractivity contribution in [3.05, 3.63) is 30.5 Å². The molecule has 2 aromatic heterocycles. The highest BCUT2D eigenvalue weighted by Crippen LogP contribution is 2.24. The summed E-state index contributed by atoms with van der Waals surface area (Å²) in [6, 6.07) is 7.64. The highest BCUT2D eigenvalue weighted by atomic mass is 16.5. The first-order chi connectivity index (χ1) is 7.74. The van der Waals surface area contributed by atoms with Gasteiger partial charge in [-0.05, 0) is 18.2 Å². The average Bonchev–Trinajstić information content (AvgIpc) is 2.85. The van der Waals surface area contributed by atoms with E-state index in [2.05, 4.69) is 10.3 Å². The fourth-order valence-electron chi connectivity index (χ4n) is 1.65. The Morgan fingerprint density at radius 1 is 1.31 bits per heavy atom. The second-order valence-corrected chi connectivity index (χ2v) is 3.66. The lowest BCUT2D eigenvalue weighted by atomic mass is 10.1. The number of nitrogens with zero attached hydrogens (tertiary/aromatic N) is 3. The zero-order valence-electron chi connectivity index (χ0n) is 8.71. The van der Waals surface area contributed by atoms with Crippen LogP contribution in [-0.4, -0.2) is 14.9 Å². The first-order valence-electron chi connectivity index (χ1n) is 4.88. The van der Waals surface area contributed by atoms with Crippen molar-refractivity contribution in [2.45, 2.75) is 0 Å². The van der Waals surface area contributed by atoms with Gasteiger partial charge in [0, 0.05) is 24.1 Å². The number of rotatable bonds is 1. The molecule has 0 saturated heterocycles. The number of aromatic nitrogens is 3. The van der Waals surface area contributed by atoms with Gasteiger partial charge in [0.05, 0.1) is 11.9 Å². The Bertz CT molecular complexity index is 633. The van der Waals surface area contributed by atoms with Crippen LogP contribution in [0.15, 0.2) is 35.0 Å². The van der Waals surface area contributed by atoms with Gasteiger partial charge in [-0.1, -0.05) is 5.16 Å². The second kappa shape index (κ2) is 3.10. The summed E-state index contributed by atoms with van der Waals surface area (Å²) in [6.45, 7) is 0. The molecular weight excluding hydrogens is 204 g/mol. The van der Waals surface area contributed by atoms with Crippen LogP contribution in [0.2, 0.25) is 0 Å². The first kappa shape index (κ1) is 8.96. The quantitative estimate of drug-likeness (QED) is 0.670. The summed E-state index contributed by atoms with van der Waals surface area (Å²) in [7, 11) is 1.82. The number of benzene rings is 1. The average molecular weight is 214 g/mol. The molecule has 0 aliphatic rings. The number of hydrogen-bond donors (Lipinski definition) is 1. The van der Waals surface area contributed by atoms with Crippen molar-refractivity contribution < 1.29 is 4.52 Å². The van der Waals surface area contributed by atoms with Crippen molar-refractivity contribution in [2.24, 2.45) is 7.05 Å². The standard InChI is InChI=1S/C11H10N4O/c1-15-11(12)5-9(14-15)7-2-3-10-8(4-7)6-13-16-10/h2-6H,12H2,1H3. The van der Waals surface area contributed by atoms with Crippen LogP contribution in [0.4, 0.5) is 5.82 Å². The van der Waals surface area contributed by atoms with Crippen molar-refractivity contribution in [1.82, 2.24) is 14.9 Å². The fourth-order valence-corrected chi connectivity index (χ4v) is 1.65. The molecule has 0 amide bonds. The maximum Gasteiger partial charge on any atom is 0.166 e. The second-order valence-electron chi connectivity index (χ2n) is 3.66. The zero-order valence-corrected chi connectivity index (χ0v) is 8.71. The summed E-state index contributed by atoms with van der Waals surface area (Å²) in [4.78, 5) is 0. The van der Waals surface area contributed by atoms with E-state index in [1.54, 1.807) is 10.9 Å². The summed E-state index contributed by atoms with van der Waals surface area (Å²) in [6.07, 6.45) is 1.69. The molecule has 1 aromatic carbocycles. The van der Waals surface area contributed by atoms with E-state index in [1.165, 1.54) is 0 Å². The van der Waals surface area contributed by atoms with Crippen LogP contribution in [-0.2, 0) is 7.05 Å². The van der Waals surface area contributed by atoms with E-state index in [0.717, 1.165) is 22.2 Å². The first-order valence-corrected chi connectivity index (χ1v) is 4.88. The minimum absolute atomic E-state index is 0.639. The van der Waals surface area contributed by atoms with Crippen molar-refractivity contribution in [1.29, 1.82) is 0 Å². The Morgan fingerprint density at radius 3 is 2.94 bits per heavy atom. The van der Waals surface area contributed by atoms with E-state index in [4.69, 9.17) is 10.3 Å². The van der Waals surface area contributed by atoms with Gasteiger partial charge in [-0.25, -0.2) is 0 Å². The van der Waals surface area contributed by atoms with Gasteiger partial charge in [0.15, 0.2) is 5.58 Å². The molecule has 0 aliphatic heterocycles. The fraction of sp³-hybridized carbons (Fsp3) is 0.0909. The van der Waals surface area contributed by atoms with Gasteiger partial charge in [-0.3, -0.25) is 4.68 Å². The number of hydrogen-bond acceptors (Lipinski definition) is 4. The van der Waals surface area contributed by atoms with Crippen LogP contribution in [0.5, 0.6) is 0 Å². The maximum absolute atomic E-state index is 5.74. The molecular formula is C11H10N4O. The van der Waals surface area contributed by atoms with Crippen LogP contribution < -0.4 is 5.73 Å². The van der Waals surface area contributed by atoms with Crippen LogP contribution in [0.25, 0.3) is 22.2 Å². The van der Waals surface area contributed by atoms with Crippen LogP contribution in [0.3, 0.4) is 0 Å². The normalized spacial score (nSPS) is 11.1. The van der Waals surface area contributed by atoms with Gasteiger partial charge >= 0.3 is 0 Å². The van der Waals surface area contributed by atoms with E-state index < -0.39 is 0 Å². The molecule has 0 aliphatic carbocycles. The molecule has 2 N–H and O–H groups in total. The summed E-state index contributed by atoms with van der Waals surface area (Å²) < 4.78 is 6.68. The summed E-state index contributed by atoms with van der Waals surface area (Å²) in [5.41, 5.74) is 8.36. The highest BCUT2D eigenvalue weighted by Gasteiger charge is 2.06. The van der Waals surface area contributed by atoms with Gasteiger partial charge in [-0.2, -0.15) is 5.10 Å². The summed E-state index contributed by atoms with van der Waals surface area (Å²) >= 11 is 0. The van der Waals surface area contributed by atoms with Crippen molar-refractivity contribution in [3.63, 3.8) is 0 Å². The van der Waals surface area contributed by atoms with Gasteiger partial charge in [0.25, 0.3) is 0 Å². The van der Waals surface area contributed by atoms with E-state index in [-0.39, 0.29) is 0 Å². The molecule has 3 aromatic rings. The van der Waals surface area contributed by atoms with E-state index in [1.807, 2.05) is 31.3 Å². The Labute approximate surface area is 91.4 Å². The third-order valence-corrected chi connectivity index (χ3v) is 2.56. The Balaban J connectivity index is 2.17. The number of nitrogens with two attached hydrogens (primary N) is 1. The monoisotopic (exact) mass is 214 g/mol. The Hall–Kier alpha value is -2.30. The molecule has 0 saturated carbocycles. The summed E-state index contributed by atoms with van der Waals surface area (Å²) in [5.74, 6) is 0.639. The molecule has 0 atom stereocenters. The van der Waals surface area contributed by atoms with E-state index in [0.29, 0.717) is 5.82 Å². The third-order valence-electron chi connectivity index (χ3n) is 2.56. The Kier molecular flexibility index (Phi) is 1.73. The maximum atomic E-state index is 5.74. The van der Waals surface area contributed by atoms with Crippen molar-refractivity contribution in [3.8, 4) is 11.3 Å². The third kappa shape index (κ3) is 1.25. The molecule has 0 radical (unpaired) electrons. The van der Waals surface area contributed by atoms with Crippen molar-refractivity contribution >= 4 is 16.8 Å². The van der Waals surface area contributed by atoms with Gasteiger partial charge in [0.2, 0.25) is 0 Å². The van der Waals surface area contributed by atoms with E-state index >= 15 is 0 Å². The van der Waals surface area contributed by atoms with Gasteiger partial charge in [0.1, 0.15) is 5.82 Å². The van der Waals surface area contributed by atoms with Crippen LogP contribution in [0.1, 0.15) is 0 Å². The lowest BCUT2D eigenvalue weighted by molar-refractivity contribution is 0.456. The molecule has 3 rings (SSSR count). The van der Waals surface area contributed by atoms with E-state index in [9.17, 15) is 0 Å². The SMILES string of the molecule is Cn1nc(-c2ccc3oncc3c2)cc1N.